The highest BCUT2D eigenvalue weighted by Gasteiger charge is 2.29. The van der Waals surface area contributed by atoms with E-state index in [0.29, 0.717) is 16.8 Å². The van der Waals surface area contributed by atoms with Crippen molar-refractivity contribution in [2.24, 2.45) is 11.1 Å². The van der Waals surface area contributed by atoms with Crippen LogP contribution in [0.3, 0.4) is 0 Å². The standard InChI is InChI=1S/C11H18BrN3O2/c1-11(2,3)8(6-13)15-7(10(16)17-4)5-9(12)14-15/h5,8H,6,13H2,1-4H3. The number of halogens is 1. The van der Waals surface area contributed by atoms with E-state index < -0.39 is 5.97 Å². The van der Waals surface area contributed by atoms with Gasteiger partial charge in [-0.25, -0.2) is 4.79 Å². The average Bonchev–Trinajstić information content (AvgIpc) is 2.58. The summed E-state index contributed by atoms with van der Waals surface area (Å²) < 4.78 is 6.97. The second-order valence-electron chi connectivity index (χ2n) is 4.91. The normalized spacial score (nSPS) is 13.5. The van der Waals surface area contributed by atoms with Crippen molar-refractivity contribution in [3.05, 3.63) is 16.4 Å². The molecule has 0 radical (unpaired) electrons. The number of carbonyl (C=O) groups excluding carboxylic acids is 1. The van der Waals surface area contributed by atoms with Gasteiger partial charge in [0, 0.05) is 12.6 Å². The lowest BCUT2D eigenvalue weighted by Gasteiger charge is -2.30. The van der Waals surface area contributed by atoms with Gasteiger partial charge in [0.25, 0.3) is 0 Å². The highest BCUT2D eigenvalue weighted by Crippen LogP contribution is 2.31. The zero-order valence-corrected chi connectivity index (χ0v) is 12.1. The summed E-state index contributed by atoms with van der Waals surface area (Å²) in [5, 5.41) is 4.27. The first-order chi connectivity index (χ1) is 7.81. The molecule has 0 aliphatic heterocycles. The van der Waals surface area contributed by atoms with E-state index in [1.165, 1.54) is 7.11 Å². The number of nitrogens with two attached hydrogens (primary N) is 1. The minimum Gasteiger partial charge on any atom is -0.464 e. The highest BCUT2D eigenvalue weighted by atomic mass is 79.9. The van der Waals surface area contributed by atoms with Crippen molar-refractivity contribution in [3.8, 4) is 0 Å². The number of methoxy groups -OCH3 is 1. The monoisotopic (exact) mass is 303 g/mol. The Bertz CT molecular complexity index is 409. The largest absolute Gasteiger partial charge is 0.464 e. The van der Waals surface area contributed by atoms with E-state index in [-0.39, 0.29) is 11.5 Å². The second-order valence-corrected chi connectivity index (χ2v) is 5.72. The molecule has 0 fully saturated rings. The van der Waals surface area contributed by atoms with Crippen molar-refractivity contribution in [1.82, 2.24) is 9.78 Å². The Balaban J connectivity index is 3.24. The molecule has 1 unspecified atom stereocenters. The highest BCUT2D eigenvalue weighted by molar-refractivity contribution is 9.10. The maximum absolute atomic E-state index is 11.7. The molecule has 5 nitrogen and oxygen atoms in total. The van der Waals surface area contributed by atoms with Gasteiger partial charge in [-0.3, -0.25) is 4.68 Å². The van der Waals surface area contributed by atoms with Crippen LogP contribution in [0.5, 0.6) is 0 Å². The maximum Gasteiger partial charge on any atom is 0.356 e. The van der Waals surface area contributed by atoms with Gasteiger partial charge in [0.05, 0.1) is 13.2 Å². The Morgan fingerprint density at radius 1 is 1.65 bits per heavy atom. The number of carbonyl (C=O) groups is 1. The molecule has 17 heavy (non-hydrogen) atoms. The molecule has 0 bridgehead atoms. The number of rotatable bonds is 3. The summed E-state index contributed by atoms with van der Waals surface area (Å²) in [6.07, 6.45) is 0. The van der Waals surface area contributed by atoms with Gasteiger partial charge in [-0.05, 0) is 21.3 Å². The first kappa shape index (κ1) is 14.2. The number of ether oxygens (including phenoxy) is 1. The van der Waals surface area contributed by atoms with Crippen molar-refractivity contribution in [2.75, 3.05) is 13.7 Å². The lowest BCUT2D eigenvalue weighted by atomic mass is 9.87. The summed E-state index contributed by atoms with van der Waals surface area (Å²) in [5.74, 6) is -0.411. The molecule has 0 amide bonds. The second kappa shape index (κ2) is 5.18. The van der Waals surface area contributed by atoms with Crippen LogP contribution in [0.25, 0.3) is 0 Å². The molecule has 0 saturated heterocycles. The van der Waals surface area contributed by atoms with E-state index in [1.54, 1.807) is 10.7 Å². The summed E-state index contributed by atoms with van der Waals surface area (Å²) in [6, 6.07) is 1.57. The summed E-state index contributed by atoms with van der Waals surface area (Å²) in [6.45, 7) is 6.57. The predicted octanol–water partition coefficient (Wildman–Crippen LogP) is 1.98. The van der Waals surface area contributed by atoms with Crippen molar-refractivity contribution in [2.45, 2.75) is 26.8 Å². The van der Waals surface area contributed by atoms with E-state index in [0.717, 1.165) is 0 Å². The van der Waals surface area contributed by atoms with Gasteiger partial charge < -0.3 is 10.5 Å². The van der Waals surface area contributed by atoms with E-state index in [9.17, 15) is 4.79 Å². The third-order valence-electron chi connectivity index (χ3n) is 2.62. The van der Waals surface area contributed by atoms with Crippen LogP contribution in [0.15, 0.2) is 10.7 Å². The SMILES string of the molecule is COC(=O)c1cc(Br)nn1C(CN)C(C)(C)C. The number of hydrogen-bond acceptors (Lipinski definition) is 4. The summed E-state index contributed by atoms with van der Waals surface area (Å²) in [7, 11) is 1.35. The van der Waals surface area contributed by atoms with Gasteiger partial charge in [-0.2, -0.15) is 5.10 Å². The van der Waals surface area contributed by atoms with Gasteiger partial charge in [-0.1, -0.05) is 20.8 Å². The fraction of sp³-hybridized carbons (Fsp3) is 0.636. The zero-order valence-electron chi connectivity index (χ0n) is 10.5. The van der Waals surface area contributed by atoms with Crippen LogP contribution in [0, 0.1) is 5.41 Å². The smallest absolute Gasteiger partial charge is 0.356 e. The number of aromatic nitrogens is 2. The van der Waals surface area contributed by atoms with Crippen molar-refractivity contribution >= 4 is 21.9 Å². The summed E-state index contributed by atoms with van der Waals surface area (Å²) >= 11 is 3.26. The molecular formula is C11H18BrN3O2. The van der Waals surface area contributed by atoms with Crippen molar-refractivity contribution in [3.63, 3.8) is 0 Å². The average molecular weight is 304 g/mol. The van der Waals surface area contributed by atoms with Gasteiger partial charge >= 0.3 is 5.97 Å². The number of nitrogens with zero attached hydrogens (tertiary/aromatic N) is 2. The van der Waals surface area contributed by atoms with E-state index in [1.807, 2.05) is 0 Å². The molecule has 1 rings (SSSR count). The van der Waals surface area contributed by atoms with Crippen molar-refractivity contribution < 1.29 is 9.53 Å². The molecular weight excluding hydrogens is 286 g/mol. The molecule has 0 aliphatic rings. The van der Waals surface area contributed by atoms with Crippen LogP contribution in [0.2, 0.25) is 0 Å². The summed E-state index contributed by atoms with van der Waals surface area (Å²) in [4.78, 5) is 11.7. The Labute approximate surface area is 109 Å². The molecule has 0 aliphatic carbocycles. The Kier molecular flexibility index (Phi) is 4.32. The lowest BCUT2D eigenvalue weighted by molar-refractivity contribution is 0.0577. The zero-order chi connectivity index (χ0) is 13.2. The van der Waals surface area contributed by atoms with Gasteiger partial charge in [0.2, 0.25) is 0 Å². The predicted molar refractivity (Wildman–Crippen MR) is 68.8 cm³/mol. The molecule has 6 heteroatoms. The van der Waals surface area contributed by atoms with E-state index in [4.69, 9.17) is 10.5 Å². The number of esters is 1. The third kappa shape index (κ3) is 3.07. The quantitative estimate of drug-likeness (QED) is 0.867. The third-order valence-corrected chi connectivity index (χ3v) is 3.01. The molecule has 1 heterocycles. The first-order valence-electron chi connectivity index (χ1n) is 5.34. The van der Waals surface area contributed by atoms with E-state index >= 15 is 0 Å². The minimum absolute atomic E-state index is 0.0668. The van der Waals surface area contributed by atoms with E-state index in [2.05, 4.69) is 41.8 Å². The molecule has 2 N–H and O–H groups in total. The van der Waals surface area contributed by atoms with Crippen LogP contribution in [-0.2, 0) is 4.74 Å². The van der Waals surface area contributed by atoms with Crippen LogP contribution < -0.4 is 5.73 Å². The fourth-order valence-corrected chi connectivity index (χ4v) is 2.07. The van der Waals surface area contributed by atoms with Gasteiger partial charge in [-0.15, -0.1) is 0 Å². The van der Waals surface area contributed by atoms with Gasteiger partial charge in [0.15, 0.2) is 0 Å². The molecule has 0 spiro atoms. The van der Waals surface area contributed by atoms with Crippen LogP contribution in [0.4, 0.5) is 0 Å². The molecule has 1 atom stereocenters. The van der Waals surface area contributed by atoms with Crippen LogP contribution >= 0.6 is 15.9 Å². The molecule has 1 aromatic rings. The minimum atomic E-state index is -0.411. The maximum atomic E-state index is 11.7. The van der Waals surface area contributed by atoms with Crippen molar-refractivity contribution in [1.29, 1.82) is 0 Å². The van der Waals surface area contributed by atoms with Crippen LogP contribution in [0.1, 0.15) is 37.3 Å². The van der Waals surface area contributed by atoms with Gasteiger partial charge in [0.1, 0.15) is 10.3 Å². The lowest BCUT2D eigenvalue weighted by Crippen LogP contribution is -2.33. The Hall–Kier alpha value is -0.880. The Morgan fingerprint density at radius 3 is 2.65 bits per heavy atom. The topological polar surface area (TPSA) is 70.1 Å². The number of hydrogen-bond donors (Lipinski definition) is 1. The Morgan fingerprint density at radius 2 is 2.24 bits per heavy atom. The fourth-order valence-electron chi connectivity index (χ4n) is 1.68. The summed E-state index contributed by atoms with van der Waals surface area (Å²) in [5.41, 5.74) is 6.10. The molecule has 0 saturated carbocycles. The molecule has 96 valence electrons. The molecule has 1 aromatic heterocycles. The van der Waals surface area contributed by atoms with Crippen LogP contribution in [-0.4, -0.2) is 29.4 Å². The molecule has 0 aromatic carbocycles. The first-order valence-corrected chi connectivity index (χ1v) is 6.14.